The van der Waals surface area contributed by atoms with Gasteiger partial charge >= 0.3 is 0 Å². The minimum absolute atomic E-state index is 0.206. The fourth-order valence-corrected chi connectivity index (χ4v) is 2.00. The lowest BCUT2D eigenvalue weighted by atomic mass is 10.2. The van der Waals surface area contributed by atoms with Crippen molar-refractivity contribution >= 4 is 5.91 Å². The van der Waals surface area contributed by atoms with Crippen molar-refractivity contribution in [3.05, 3.63) is 64.8 Å². The molecule has 3 rings (SSSR count). The van der Waals surface area contributed by atoms with Crippen LogP contribution < -0.4 is 10.9 Å². The number of nitrogens with zero attached hydrogens (tertiary/aromatic N) is 6. The van der Waals surface area contributed by atoms with Gasteiger partial charge in [-0.15, -0.1) is 5.10 Å². The summed E-state index contributed by atoms with van der Waals surface area (Å²) >= 11 is 0. The maximum atomic E-state index is 12.2. The van der Waals surface area contributed by atoms with Crippen LogP contribution in [0.1, 0.15) is 10.4 Å². The summed E-state index contributed by atoms with van der Waals surface area (Å²) in [6.45, 7) is 0.600. The number of hydrogen-bond acceptors (Lipinski definition) is 6. The van der Waals surface area contributed by atoms with E-state index < -0.39 is 0 Å². The summed E-state index contributed by atoms with van der Waals surface area (Å²) in [5, 5.41) is 17.6. The first-order chi connectivity index (χ1) is 11.2. The van der Waals surface area contributed by atoms with E-state index >= 15 is 0 Å². The Hall–Kier alpha value is -3.36. The van der Waals surface area contributed by atoms with Crippen molar-refractivity contribution in [2.75, 3.05) is 6.54 Å². The Labute approximate surface area is 130 Å². The third-order valence-corrected chi connectivity index (χ3v) is 3.12. The van der Waals surface area contributed by atoms with E-state index in [2.05, 4.69) is 25.9 Å². The van der Waals surface area contributed by atoms with E-state index in [1.165, 1.54) is 28.0 Å². The summed E-state index contributed by atoms with van der Waals surface area (Å²) in [6, 6.07) is 9.90. The van der Waals surface area contributed by atoms with Crippen molar-refractivity contribution in [1.29, 1.82) is 0 Å². The monoisotopic (exact) mass is 311 g/mol. The highest BCUT2D eigenvalue weighted by atomic mass is 16.1. The van der Waals surface area contributed by atoms with Gasteiger partial charge in [-0.1, -0.05) is 6.07 Å². The standard InChI is InChI=1S/C14H13N7O2/c22-13-5-2-6-17-20(13)8-7-15-14(23)11-3-1-4-12(9-11)21-10-16-18-19-21/h1-6,9-10H,7-8H2,(H,15,23). The number of rotatable bonds is 5. The highest BCUT2D eigenvalue weighted by Gasteiger charge is 2.07. The fourth-order valence-electron chi connectivity index (χ4n) is 2.00. The van der Waals surface area contributed by atoms with Crippen LogP contribution in [0.5, 0.6) is 0 Å². The summed E-state index contributed by atoms with van der Waals surface area (Å²) in [5.74, 6) is -0.246. The molecule has 0 fully saturated rings. The summed E-state index contributed by atoms with van der Waals surface area (Å²) in [6.07, 6.45) is 2.98. The zero-order chi connectivity index (χ0) is 16.1. The summed E-state index contributed by atoms with van der Waals surface area (Å²) in [5.41, 5.74) is 0.956. The molecule has 0 unspecified atom stereocenters. The van der Waals surface area contributed by atoms with Crippen molar-refractivity contribution in [2.45, 2.75) is 6.54 Å². The van der Waals surface area contributed by atoms with Crippen LogP contribution in [0.15, 0.2) is 53.7 Å². The molecule has 9 heteroatoms. The number of tetrazole rings is 1. The number of hydrogen-bond donors (Lipinski definition) is 1. The Bertz CT molecular complexity index is 857. The minimum atomic E-state index is -0.246. The third-order valence-electron chi connectivity index (χ3n) is 3.12. The van der Waals surface area contributed by atoms with Gasteiger partial charge in [0.1, 0.15) is 6.33 Å². The molecular weight excluding hydrogens is 298 g/mol. The Morgan fingerprint density at radius 2 is 2.13 bits per heavy atom. The van der Waals surface area contributed by atoms with Gasteiger partial charge in [-0.2, -0.15) is 5.10 Å². The van der Waals surface area contributed by atoms with Crippen molar-refractivity contribution in [3.8, 4) is 5.69 Å². The first kappa shape index (κ1) is 14.6. The van der Waals surface area contributed by atoms with Crippen molar-refractivity contribution in [1.82, 2.24) is 35.3 Å². The molecule has 1 aromatic carbocycles. The molecule has 3 aromatic rings. The van der Waals surface area contributed by atoms with Gasteiger partial charge in [0.2, 0.25) is 0 Å². The van der Waals surface area contributed by atoms with Crippen LogP contribution in [0.25, 0.3) is 5.69 Å². The van der Waals surface area contributed by atoms with E-state index in [-0.39, 0.29) is 11.5 Å². The number of carbonyl (C=O) groups is 1. The zero-order valence-corrected chi connectivity index (χ0v) is 12.0. The molecule has 1 amide bonds. The quantitative estimate of drug-likeness (QED) is 0.690. The number of amides is 1. The van der Waals surface area contributed by atoms with Crippen LogP contribution in [0.4, 0.5) is 0 Å². The normalized spacial score (nSPS) is 10.4. The van der Waals surface area contributed by atoms with Gasteiger partial charge in [0.15, 0.2) is 0 Å². The molecule has 0 radical (unpaired) electrons. The number of aromatic nitrogens is 6. The topological polar surface area (TPSA) is 108 Å². The third kappa shape index (κ3) is 3.46. The number of carbonyl (C=O) groups excluding carboxylic acids is 1. The predicted molar refractivity (Wildman–Crippen MR) is 80.0 cm³/mol. The van der Waals surface area contributed by atoms with Crippen LogP contribution in [0.2, 0.25) is 0 Å². The van der Waals surface area contributed by atoms with Crippen LogP contribution in [-0.4, -0.2) is 42.4 Å². The van der Waals surface area contributed by atoms with Crippen LogP contribution in [0.3, 0.4) is 0 Å². The Morgan fingerprint density at radius 1 is 1.22 bits per heavy atom. The molecule has 0 aliphatic heterocycles. The highest BCUT2D eigenvalue weighted by molar-refractivity contribution is 5.94. The molecule has 0 bridgehead atoms. The van der Waals surface area contributed by atoms with E-state index in [9.17, 15) is 9.59 Å². The lowest BCUT2D eigenvalue weighted by Crippen LogP contribution is -2.31. The average molecular weight is 311 g/mol. The summed E-state index contributed by atoms with van der Waals surface area (Å²) < 4.78 is 2.75. The van der Waals surface area contributed by atoms with Crippen molar-refractivity contribution in [3.63, 3.8) is 0 Å². The second-order valence-corrected chi connectivity index (χ2v) is 4.65. The Balaban J connectivity index is 1.64. The van der Waals surface area contributed by atoms with Gasteiger partial charge in [0, 0.05) is 24.4 Å². The molecule has 1 N–H and O–H groups in total. The first-order valence-electron chi connectivity index (χ1n) is 6.88. The summed E-state index contributed by atoms with van der Waals surface area (Å²) in [7, 11) is 0. The largest absolute Gasteiger partial charge is 0.350 e. The molecule has 0 aliphatic carbocycles. The van der Waals surface area contributed by atoms with Crippen LogP contribution >= 0.6 is 0 Å². The molecular formula is C14H13N7O2. The van der Waals surface area contributed by atoms with E-state index in [1.54, 1.807) is 30.3 Å². The SMILES string of the molecule is O=C(NCCn1ncccc1=O)c1cccc(-n2cnnn2)c1. The lowest BCUT2D eigenvalue weighted by Gasteiger charge is -2.07. The highest BCUT2D eigenvalue weighted by Crippen LogP contribution is 2.08. The predicted octanol–water partition coefficient (Wildman–Crippen LogP) is -0.351. The maximum absolute atomic E-state index is 12.2. The zero-order valence-electron chi connectivity index (χ0n) is 12.0. The van der Waals surface area contributed by atoms with E-state index in [0.717, 1.165) is 0 Å². The molecule has 0 spiro atoms. The van der Waals surface area contributed by atoms with E-state index in [1.807, 2.05) is 0 Å². The van der Waals surface area contributed by atoms with Gasteiger partial charge < -0.3 is 5.32 Å². The lowest BCUT2D eigenvalue weighted by molar-refractivity contribution is 0.0951. The van der Waals surface area contributed by atoms with Crippen molar-refractivity contribution < 1.29 is 4.79 Å². The Kier molecular flexibility index (Phi) is 4.18. The molecule has 2 heterocycles. The van der Waals surface area contributed by atoms with Gasteiger partial charge in [-0.3, -0.25) is 9.59 Å². The second kappa shape index (κ2) is 6.60. The van der Waals surface area contributed by atoms with Gasteiger partial charge in [-0.05, 0) is 34.7 Å². The first-order valence-corrected chi connectivity index (χ1v) is 6.88. The molecule has 0 atom stereocenters. The Morgan fingerprint density at radius 3 is 2.91 bits per heavy atom. The molecule has 0 saturated heterocycles. The molecule has 2 aromatic heterocycles. The minimum Gasteiger partial charge on any atom is -0.350 e. The van der Waals surface area contributed by atoms with Crippen LogP contribution in [0, 0.1) is 0 Å². The molecule has 0 saturated carbocycles. The maximum Gasteiger partial charge on any atom is 0.266 e. The van der Waals surface area contributed by atoms with E-state index in [0.29, 0.717) is 24.3 Å². The van der Waals surface area contributed by atoms with Crippen LogP contribution in [-0.2, 0) is 6.54 Å². The second-order valence-electron chi connectivity index (χ2n) is 4.65. The number of benzene rings is 1. The van der Waals surface area contributed by atoms with Gasteiger partial charge in [0.05, 0.1) is 12.2 Å². The number of nitrogens with one attached hydrogen (secondary N) is 1. The smallest absolute Gasteiger partial charge is 0.266 e. The van der Waals surface area contributed by atoms with E-state index in [4.69, 9.17) is 0 Å². The molecule has 23 heavy (non-hydrogen) atoms. The van der Waals surface area contributed by atoms with Gasteiger partial charge in [0.25, 0.3) is 11.5 Å². The molecule has 9 nitrogen and oxygen atoms in total. The van der Waals surface area contributed by atoms with Crippen molar-refractivity contribution in [2.24, 2.45) is 0 Å². The molecule has 0 aliphatic rings. The average Bonchev–Trinajstić information content (AvgIpc) is 3.11. The van der Waals surface area contributed by atoms with Gasteiger partial charge in [-0.25, -0.2) is 9.36 Å². The summed E-state index contributed by atoms with van der Waals surface area (Å²) in [4.78, 5) is 23.7. The fraction of sp³-hybridized carbons (Fsp3) is 0.143. The molecule has 116 valence electrons.